The van der Waals surface area contributed by atoms with Gasteiger partial charge in [0.1, 0.15) is 6.04 Å². The van der Waals surface area contributed by atoms with E-state index >= 15 is 0 Å². The average Bonchev–Trinajstić information content (AvgIpc) is 3.30. The molecule has 2 aromatic carbocycles. The number of thioether (sulfide) groups is 1. The zero-order valence-electron chi connectivity index (χ0n) is 17.7. The standard InChI is InChI=1S/C23H23N3O4S2/c1-30-22(29)17-10-8-16(9-11-17)20(27)24-18(12-13-31-2)21(28)26-23-25-19(14-32-23)15-6-4-3-5-7-15/h3-11,14,18H,12-13H2,1-2H3,(H,24,27)(H,25,26,28). The van der Waals surface area contributed by atoms with Crippen LogP contribution in [0.3, 0.4) is 0 Å². The number of thiazole rings is 1. The maximum atomic E-state index is 12.9. The Kier molecular flexibility index (Phi) is 8.41. The van der Waals surface area contributed by atoms with Crippen molar-refractivity contribution in [2.45, 2.75) is 12.5 Å². The first-order valence-corrected chi connectivity index (χ1v) is 12.1. The fourth-order valence-electron chi connectivity index (χ4n) is 2.89. The van der Waals surface area contributed by atoms with Gasteiger partial charge in [-0.05, 0) is 42.7 Å². The Morgan fingerprint density at radius 2 is 1.75 bits per heavy atom. The minimum absolute atomic E-state index is 0.326. The number of methoxy groups -OCH3 is 1. The fourth-order valence-corrected chi connectivity index (χ4v) is 4.08. The molecule has 0 aliphatic rings. The molecule has 3 aromatic rings. The van der Waals surface area contributed by atoms with Crippen molar-refractivity contribution in [2.24, 2.45) is 0 Å². The van der Waals surface area contributed by atoms with E-state index in [1.54, 1.807) is 11.8 Å². The molecule has 0 saturated carbocycles. The van der Waals surface area contributed by atoms with Gasteiger partial charge in [0.05, 0.1) is 18.4 Å². The van der Waals surface area contributed by atoms with Crippen LogP contribution in [0.25, 0.3) is 11.3 Å². The lowest BCUT2D eigenvalue weighted by atomic mass is 10.1. The van der Waals surface area contributed by atoms with E-state index in [4.69, 9.17) is 0 Å². The third-order valence-electron chi connectivity index (χ3n) is 4.60. The van der Waals surface area contributed by atoms with Crippen LogP contribution in [-0.2, 0) is 9.53 Å². The first-order valence-electron chi connectivity index (χ1n) is 9.82. The number of nitrogens with one attached hydrogen (secondary N) is 2. The second-order valence-corrected chi connectivity index (χ2v) is 8.61. The molecule has 1 atom stereocenters. The number of hydrogen-bond acceptors (Lipinski definition) is 7. The third kappa shape index (κ3) is 6.18. The van der Waals surface area contributed by atoms with E-state index in [-0.39, 0.29) is 5.91 Å². The van der Waals surface area contributed by atoms with Gasteiger partial charge in [0, 0.05) is 16.5 Å². The number of nitrogens with zero attached hydrogens (tertiary/aromatic N) is 1. The Labute approximate surface area is 194 Å². The van der Waals surface area contributed by atoms with E-state index in [2.05, 4.69) is 20.4 Å². The van der Waals surface area contributed by atoms with Crippen LogP contribution < -0.4 is 10.6 Å². The van der Waals surface area contributed by atoms with Crippen molar-refractivity contribution in [1.29, 1.82) is 0 Å². The molecular weight excluding hydrogens is 446 g/mol. The summed E-state index contributed by atoms with van der Waals surface area (Å²) in [6.07, 6.45) is 2.41. The van der Waals surface area contributed by atoms with Gasteiger partial charge >= 0.3 is 5.97 Å². The van der Waals surface area contributed by atoms with Crippen LogP contribution in [0.1, 0.15) is 27.1 Å². The minimum Gasteiger partial charge on any atom is -0.465 e. The number of carbonyl (C=O) groups is 3. The maximum absolute atomic E-state index is 12.9. The van der Waals surface area contributed by atoms with Gasteiger partial charge in [-0.3, -0.25) is 9.59 Å². The Balaban J connectivity index is 1.67. The topological polar surface area (TPSA) is 97.4 Å². The summed E-state index contributed by atoms with van der Waals surface area (Å²) in [6.45, 7) is 0. The van der Waals surface area contributed by atoms with Gasteiger partial charge in [-0.2, -0.15) is 11.8 Å². The lowest BCUT2D eigenvalue weighted by molar-refractivity contribution is -0.118. The molecule has 2 amide bonds. The quantitative estimate of drug-likeness (QED) is 0.458. The Hall–Kier alpha value is -3.17. The number of rotatable bonds is 9. The van der Waals surface area contributed by atoms with Gasteiger partial charge in [-0.25, -0.2) is 9.78 Å². The second-order valence-electron chi connectivity index (χ2n) is 6.77. The minimum atomic E-state index is -0.723. The van der Waals surface area contributed by atoms with Crippen molar-refractivity contribution in [1.82, 2.24) is 10.3 Å². The maximum Gasteiger partial charge on any atom is 0.337 e. The molecule has 3 rings (SSSR count). The number of carbonyl (C=O) groups excluding carboxylic acids is 3. The number of anilines is 1. The first-order chi connectivity index (χ1) is 15.5. The summed E-state index contributed by atoms with van der Waals surface area (Å²) in [5.74, 6) is -0.501. The smallest absolute Gasteiger partial charge is 0.337 e. The molecule has 0 aliphatic carbocycles. The molecule has 1 unspecified atom stereocenters. The number of esters is 1. The SMILES string of the molecule is COC(=O)c1ccc(C(=O)NC(CCSC)C(=O)Nc2nc(-c3ccccc3)cs2)cc1. The summed E-state index contributed by atoms with van der Waals surface area (Å²) >= 11 is 2.92. The Morgan fingerprint density at radius 1 is 1.06 bits per heavy atom. The molecule has 166 valence electrons. The van der Waals surface area contributed by atoms with Crippen molar-refractivity contribution < 1.29 is 19.1 Å². The molecule has 0 bridgehead atoms. The number of benzene rings is 2. The molecule has 0 spiro atoms. The van der Waals surface area contributed by atoms with E-state index in [0.717, 1.165) is 11.3 Å². The van der Waals surface area contributed by atoms with Gasteiger partial charge in [0.25, 0.3) is 5.91 Å². The second kappa shape index (κ2) is 11.4. The average molecular weight is 470 g/mol. The lowest BCUT2D eigenvalue weighted by Crippen LogP contribution is -2.44. The Morgan fingerprint density at radius 3 is 2.41 bits per heavy atom. The predicted molar refractivity (Wildman–Crippen MR) is 128 cm³/mol. The molecule has 0 radical (unpaired) electrons. The van der Waals surface area contributed by atoms with Crippen molar-refractivity contribution in [3.63, 3.8) is 0 Å². The van der Waals surface area contributed by atoms with Crippen LogP contribution in [0.4, 0.5) is 5.13 Å². The van der Waals surface area contributed by atoms with E-state index < -0.39 is 17.9 Å². The van der Waals surface area contributed by atoms with Gasteiger partial charge in [-0.1, -0.05) is 30.3 Å². The Bertz CT molecular complexity index is 1070. The molecule has 0 fully saturated rings. The predicted octanol–water partition coefficient (Wildman–Crippen LogP) is 4.09. The van der Waals surface area contributed by atoms with E-state index in [1.807, 2.05) is 42.0 Å². The summed E-state index contributed by atoms with van der Waals surface area (Å²) in [7, 11) is 1.29. The van der Waals surface area contributed by atoms with Crippen LogP contribution in [0, 0.1) is 0 Å². The van der Waals surface area contributed by atoms with Crippen molar-refractivity contribution >= 4 is 46.0 Å². The largest absolute Gasteiger partial charge is 0.465 e. The summed E-state index contributed by atoms with van der Waals surface area (Å²) in [4.78, 5) is 41.6. The molecule has 1 heterocycles. The normalized spacial score (nSPS) is 11.4. The molecular formula is C23H23N3O4S2. The van der Waals surface area contributed by atoms with Crippen LogP contribution in [0.15, 0.2) is 60.0 Å². The van der Waals surface area contributed by atoms with E-state index in [1.165, 1.54) is 42.7 Å². The lowest BCUT2D eigenvalue weighted by Gasteiger charge is -2.17. The molecule has 1 aromatic heterocycles. The number of amides is 2. The van der Waals surface area contributed by atoms with Crippen LogP contribution in [-0.4, -0.2) is 47.9 Å². The zero-order chi connectivity index (χ0) is 22.9. The summed E-state index contributed by atoms with van der Waals surface area (Å²) in [5, 5.41) is 7.95. The molecule has 0 saturated heterocycles. The van der Waals surface area contributed by atoms with Gasteiger partial charge < -0.3 is 15.4 Å². The van der Waals surface area contributed by atoms with Gasteiger partial charge in [0.15, 0.2) is 5.13 Å². The van der Waals surface area contributed by atoms with E-state index in [0.29, 0.717) is 28.4 Å². The summed E-state index contributed by atoms with van der Waals surface area (Å²) in [6, 6.07) is 15.0. The fraction of sp³-hybridized carbons (Fsp3) is 0.217. The highest BCUT2D eigenvalue weighted by Crippen LogP contribution is 2.24. The molecule has 7 nitrogen and oxygen atoms in total. The van der Waals surface area contributed by atoms with Crippen LogP contribution in [0.2, 0.25) is 0 Å². The zero-order valence-corrected chi connectivity index (χ0v) is 19.3. The number of ether oxygens (including phenoxy) is 1. The van der Waals surface area contributed by atoms with Crippen LogP contribution in [0.5, 0.6) is 0 Å². The third-order valence-corrected chi connectivity index (χ3v) is 6.01. The van der Waals surface area contributed by atoms with Crippen molar-refractivity contribution in [3.05, 3.63) is 71.1 Å². The van der Waals surface area contributed by atoms with Gasteiger partial charge in [0.2, 0.25) is 5.91 Å². The number of hydrogen-bond donors (Lipinski definition) is 2. The summed E-state index contributed by atoms with van der Waals surface area (Å²) < 4.78 is 4.66. The molecule has 9 heteroatoms. The monoisotopic (exact) mass is 469 g/mol. The van der Waals surface area contributed by atoms with Crippen molar-refractivity contribution in [2.75, 3.05) is 24.4 Å². The summed E-state index contributed by atoms with van der Waals surface area (Å²) in [5.41, 5.74) is 2.44. The van der Waals surface area contributed by atoms with E-state index in [9.17, 15) is 14.4 Å². The number of aromatic nitrogens is 1. The first kappa shape index (κ1) is 23.5. The molecule has 2 N–H and O–H groups in total. The highest BCUT2D eigenvalue weighted by molar-refractivity contribution is 7.98. The van der Waals surface area contributed by atoms with Crippen molar-refractivity contribution in [3.8, 4) is 11.3 Å². The van der Waals surface area contributed by atoms with Gasteiger partial charge in [-0.15, -0.1) is 11.3 Å². The van der Waals surface area contributed by atoms with Crippen LogP contribution >= 0.6 is 23.1 Å². The highest BCUT2D eigenvalue weighted by atomic mass is 32.2. The highest BCUT2D eigenvalue weighted by Gasteiger charge is 2.22. The molecule has 0 aliphatic heterocycles. The molecule has 32 heavy (non-hydrogen) atoms.